The highest BCUT2D eigenvalue weighted by molar-refractivity contribution is 6.46. The summed E-state index contributed by atoms with van der Waals surface area (Å²) in [7, 11) is 3.05. The molecule has 3 heterocycles. The minimum absolute atomic E-state index is 0.0233. The fourth-order valence-corrected chi connectivity index (χ4v) is 4.88. The number of likely N-dealkylation sites (tertiary alicyclic amines) is 1. The maximum absolute atomic E-state index is 13.4. The summed E-state index contributed by atoms with van der Waals surface area (Å²) in [5.74, 6) is -0.836. The van der Waals surface area contributed by atoms with Crippen LogP contribution in [0.2, 0.25) is 0 Å². The number of ether oxygens (including phenoxy) is 3. The number of imidazole rings is 1. The third-order valence-electron chi connectivity index (χ3n) is 6.75. The number of ketones is 1. The van der Waals surface area contributed by atoms with Crippen molar-refractivity contribution in [1.29, 1.82) is 0 Å². The molecule has 2 aromatic carbocycles. The molecule has 0 saturated carbocycles. The molecule has 9 nitrogen and oxygen atoms in total. The molecule has 0 aliphatic carbocycles. The summed E-state index contributed by atoms with van der Waals surface area (Å²) in [6.45, 7) is 2.47. The smallest absolute Gasteiger partial charge is 0.295 e. The van der Waals surface area contributed by atoms with Crippen LogP contribution in [0.15, 0.2) is 78.5 Å². The van der Waals surface area contributed by atoms with Crippen LogP contribution in [0.4, 0.5) is 0 Å². The number of methoxy groups -OCH3 is 2. The molecule has 0 bridgehead atoms. The molecular weight excluding hydrogens is 498 g/mol. The Morgan fingerprint density at radius 2 is 1.77 bits per heavy atom. The number of aliphatic hydroxyl groups excluding tert-OH is 1. The lowest BCUT2D eigenvalue weighted by Gasteiger charge is -2.25. The zero-order valence-electron chi connectivity index (χ0n) is 22.0. The highest BCUT2D eigenvalue weighted by Gasteiger charge is 2.46. The number of aromatic nitrogens is 2. The molecule has 1 unspecified atom stereocenters. The zero-order chi connectivity index (χ0) is 27.5. The van der Waals surface area contributed by atoms with Crippen LogP contribution >= 0.6 is 0 Å². The molecule has 1 amide bonds. The maximum Gasteiger partial charge on any atom is 0.295 e. The van der Waals surface area contributed by atoms with Crippen LogP contribution in [-0.2, 0) is 20.9 Å². The molecule has 1 saturated heterocycles. The van der Waals surface area contributed by atoms with Crippen LogP contribution in [0.5, 0.6) is 11.5 Å². The Labute approximate surface area is 225 Å². The summed E-state index contributed by atoms with van der Waals surface area (Å²) in [6.07, 6.45) is 1.75. The van der Waals surface area contributed by atoms with E-state index < -0.39 is 17.7 Å². The van der Waals surface area contributed by atoms with Crippen molar-refractivity contribution in [2.75, 3.05) is 27.4 Å². The number of rotatable bonds is 9. The van der Waals surface area contributed by atoms with Gasteiger partial charge >= 0.3 is 0 Å². The molecule has 1 fully saturated rings. The number of aliphatic hydroxyl groups is 1. The van der Waals surface area contributed by atoms with Gasteiger partial charge in [0.2, 0.25) is 0 Å². The first kappa shape index (κ1) is 26.0. The minimum Gasteiger partial charge on any atom is -0.505 e. The number of hydrogen-bond donors (Lipinski definition) is 1. The number of Topliss-reactive ketones (excluding diaryl/α,β-unsaturated/α-hetero) is 1. The van der Waals surface area contributed by atoms with E-state index in [1.165, 1.54) is 19.1 Å². The van der Waals surface area contributed by atoms with Gasteiger partial charge in [-0.3, -0.25) is 14.0 Å². The van der Waals surface area contributed by atoms with Crippen LogP contribution in [-0.4, -0.2) is 58.5 Å². The first-order valence-corrected chi connectivity index (χ1v) is 12.5. The van der Waals surface area contributed by atoms with Gasteiger partial charge in [-0.25, -0.2) is 4.98 Å². The maximum atomic E-state index is 13.4. The van der Waals surface area contributed by atoms with E-state index in [-0.39, 0.29) is 24.5 Å². The normalized spacial score (nSPS) is 16.7. The predicted molar refractivity (Wildman–Crippen MR) is 145 cm³/mol. The minimum atomic E-state index is -0.870. The van der Waals surface area contributed by atoms with Crippen molar-refractivity contribution >= 4 is 23.1 Å². The van der Waals surface area contributed by atoms with Crippen molar-refractivity contribution in [3.05, 3.63) is 101 Å². The van der Waals surface area contributed by atoms with Crippen molar-refractivity contribution in [2.45, 2.75) is 19.6 Å². The molecular formula is C30H29N3O6. The average Bonchev–Trinajstić information content (AvgIpc) is 3.43. The number of benzene rings is 2. The molecule has 0 spiro atoms. The number of aryl methyl sites for hydroxylation is 1. The van der Waals surface area contributed by atoms with Crippen molar-refractivity contribution in [2.24, 2.45) is 0 Å². The van der Waals surface area contributed by atoms with E-state index in [0.717, 1.165) is 5.56 Å². The Morgan fingerprint density at radius 3 is 2.51 bits per heavy atom. The van der Waals surface area contributed by atoms with Gasteiger partial charge in [-0.05, 0) is 42.3 Å². The van der Waals surface area contributed by atoms with Gasteiger partial charge in [-0.1, -0.05) is 42.5 Å². The summed E-state index contributed by atoms with van der Waals surface area (Å²) in [6, 6.07) is 19.6. The average molecular weight is 528 g/mol. The third-order valence-corrected chi connectivity index (χ3v) is 6.75. The van der Waals surface area contributed by atoms with Crippen LogP contribution in [0, 0.1) is 6.92 Å². The lowest BCUT2D eigenvalue weighted by molar-refractivity contribution is -0.140. The van der Waals surface area contributed by atoms with E-state index in [9.17, 15) is 14.7 Å². The summed E-state index contributed by atoms with van der Waals surface area (Å²) < 4.78 is 18.5. The first-order valence-electron chi connectivity index (χ1n) is 12.5. The van der Waals surface area contributed by atoms with E-state index in [0.29, 0.717) is 40.7 Å². The van der Waals surface area contributed by atoms with Gasteiger partial charge in [0, 0.05) is 19.9 Å². The largest absolute Gasteiger partial charge is 0.505 e. The van der Waals surface area contributed by atoms with Crippen LogP contribution in [0.1, 0.15) is 28.6 Å². The number of amides is 1. The van der Waals surface area contributed by atoms with Crippen LogP contribution in [0.3, 0.4) is 0 Å². The molecule has 4 aromatic rings. The van der Waals surface area contributed by atoms with E-state index in [4.69, 9.17) is 14.2 Å². The standard InChI is InChI=1S/C30H29N3O6/c1-19-26(32-14-8-7-11-24(32)31-19)28(34)25-27(33(15-16-37-2)30(36)29(25)35)21-12-13-22(23(17-21)38-3)39-18-20-9-5-4-6-10-20/h4-14,17,27,34H,15-16,18H2,1-3H3. The molecule has 2 aromatic heterocycles. The Balaban J connectivity index is 1.60. The van der Waals surface area contributed by atoms with Gasteiger partial charge in [0.15, 0.2) is 17.3 Å². The molecule has 5 rings (SSSR count). The molecule has 1 aliphatic heterocycles. The number of fused-ring (bicyclic) bond motifs is 1. The van der Waals surface area contributed by atoms with Gasteiger partial charge < -0.3 is 24.2 Å². The Hall–Kier alpha value is -4.63. The highest BCUT2D eigenvalue weighted by Crippen LogP contribution is 2.42. The molecule has 0 radical (unpaired) electrons. The zero-order valence-corrected chi connectivity index (χ0v) is 22.0. The number of carbonyl (C=O) groups excluding carboxylic acids is 2. The fraction of sp³-hybridized carbons (Fsp3) is 0.233. The lowest BCUT2D eigenvalue weighted by atomic mass is 9.96. The number of nitrogens with zero attached hydrogens (tertiary/aromatic N) is 3. The molecule has 9 heteroatoms. The molecule has 1 aliphatic rings. The lowest BCUT2D eigenvalue weighted by Crippen LogP contribution is -2.32. The highest BCUT2D eigenvalue weighted by atomic mass is 16.5. The second kappa shape index (κ2) is 11.0. The van der Waals surface area contributed by atoms with Crippen molar-refractivity contribution in [1.82, 2.24) is 14.3 Å². The third kappa shape index (κ3) is 4.84. The summed E-state index contributed by atoms with van der Waals surface area (Å²) in [4.78, 5) is 32.5. The first-order chi connectivity index (χ1) is 18.9. The fourth-order valence-electron chi connectivity index (χ4n) is 4.88. The summed E-state index contributed by atoms with van der Waals surface area (Å²) in [5, 5.41) is 11.6. The molecule has 200 valence electrons. The molecule has 39 heavy (non-hydrogen) atoms. The second-order valence-corrected chi connectivity index (χ2v) is 9.14. The molecule has 1 N–H and O–H groups in total. The Kier molecular flexibility index (Phi) is 7.33. The summed E-state index contributed by atoms with van der Waals surface area (Å²) in [5.41, 5.74) is 3.06. The quantitative estimate of drug-likeness (QED) is 0.197. The SMILES string of the molecule is COCCN1C(=O)C(=O)C(=C(O)c2c(C)nc3ccccn23)C1c1ccc(OCc2ccccc2)c(OC)c1. The second-order valence-electron chi connectivity index (χ2n) is 9.14. The van der Waals surface area contributed by atoms with Gasteiger partial charge in [-0.15, -0.1) is 0 Å². The van der Waals surface area contributed by atoms with Crippen LogP contribution < -0.4 is 9.47 Å². The predicted octanol–water partition coefficient (Wildman–Crippen LogP) is 4.30. The summed E-state index contributed by atoms with van der Waals surface area (Å²) >= 11 is 0. The van der Waals surface area contributed by atoms with Gasteiger partial charge in [0.05, 0.1) is 31.0 Å². The Bertz CT molecular complexity index is 1560. The van der Waals surface area contributed by atoms with Crippen molar-refractivity contribution in [3.8, 4) is 11.5 Å². The van der Waals surface area contributed by atoms with E-state index in [1.807, 2.05) is 36.4 Å². The van der Waals surface area contributed by atoms with Gasteiger partial charge in [-0.2, -0.15) is 0 Å². The van der Waals surface area contributed by atoms with Crippen molar-refractivity contribution in [3.63, 3.8) is 0 Å². The number of hydrogen-bond acceptors (Lipinski definition) is 7. The van der Waals surface area contributed by atoms with Gasteiger partial charge in [0.1, 0.15) is 17.9 Å². The number of pyridine rings is 1. The van der Waals surface area contributed by atoms with E-state index >= 15 is 0 Å². The monoisotopic (exact) mass is 527 g/mol. The van der Waals surface area contributed by atoms with Gasteiger partial charge in [0.25, 0.3) is 11.7 Å². The molecule has 1 atom stereocenters. The van der Waals surface area contributed by atoms with E-state index in [2.05, 4.69) is 4.98 Å². The topological polar surface area (TPSA) is 103 Å². The van der Waals surface area contributed by atoms with Crippen molar-refractivity contribution < 1.29 is 28.9 Å². The number of carbonyl (C=O) groups is 2. The Morgan fingerprint density at radius 1 is 1.00 bits per heavy atom. The van der Waals surface area contributed by atoms with E-state index in [1.54, 1.807) is 47.9 Å². The van der Waals surface area contributed by atoms with Crippen LogP contribution in [0.25, 0.3) is 11.4 Å².